The molecule has 0 spiro atoms. The van der Waals surface area contributed by atoms with E-state index in [2.05, 4.69) is 0 Å². The predicted octanol–water partition coefficient (Wildman–Crippen LogP) is 1.22. The third kappa shape index (κ3) is 3.40. The summed E-state index contributed by atoms with van der Waals surface area (Å²) in [5, 5.41) is 0. The lowest BCUT2D eigenvalue weighted by atomic mass is 10.2. The first kappa shape index (κ1) is 14.4. The Labute approximate surface area is 106 Å². The highest BCUT2D eigenvalue weighted by atomic mass is 32.2. The number of ketones is 1. The van der Waals surface area contributed by atoms with Crippen molar-refractivity contribution in [3.63, 3.8) is 0 Å². The van der Waals surface area contributed by atoms with Crippen LogP contribution in [0.5, 0.6) is 0 Å². The van der Waals surface area contributed by atoms with E-state index in [4.69, 9.17) is 4.74 Å². The van der Waals surface area contributed by atoms with E-state index >= 15 is 0 Å². The Kier molecular flexibility index (Phi) is 4.24. The molecule has 18 heavy (non-hydrogen) atoms. The van der Waals surface area contributed by atoms with Gasteiger partial charge in [-0.2, -0.15) is 0 Å². The fourth-order valence-electron chi connectivity index (χ4n) is 1.27. The average Bonchev–Trinajstić information content (AvgIpc) is 2.27. The van der Waals surface area contributed by atoms with E-state index in [1.807, 2.05) is 0 Å². The van der Waals surface area contributed by atoms with Crippen LogP contribution in [-0.4, -0.2) is 32.5 Å². The molecule has 0 bridgehead atoms. The Hall–Kier alpha value is -1.69. The summed E-state index contributed by atoms with van der Waals surface area (Å²) in [5.41, 5.74) is -0.0619. The van der Waals surface area contributed by atoms with Crippen LogP contribution in [0.2, 0.25) is 0 Å². The van der Waals surface area contributed by atoms with Crippen LogP contribution in [0.3, 0.4) is 0 Å². The second kappa shape index (κ2) is 5.30. The van der Waals surface area contributed by atoms with Gasteiger partial charge in [-0.15, -0.1) is 0 Å². The molecule has 1 aromatic carbocycles. The topological polar surface area (TPSA) is 77.5 Å². The third-order valence-corrected chi connectivity index (χ3v) is 3.52. The van der Waals surface area contributed by atoms with Crippen molar-refractivity contribution in [3.8, 4) is 0 Å². The molecular weight excluding hydrogens is 256 g/mol. The molecule has 0 aliphatic rings. The maximum absolute atomic E-state index is 11.8. The second-order valence-electron chi connectivity index (χ2n) is 3.93. The molecule has 0 fully saturated rings. The minimum absolute atomic E-state index is 0.0619. The molecule has 0 aliphatic heterocycles. The summed E-state index contributed by atoms with van der Waals surface area (Å²) in [6.07, 6.45) is 0.109. The maximum Gasteiger partial charge on any atom is 0.340 e. The monoisotopic (exact) mass is 270 g/mol. The van der Waals surface area contributed by atoms with E-state index in [0.717, 1.165) is 6.26 Å². The van der Waals surface area contributed by atoms with Crippen molar-refractivity contribution in [2.45, 2.75) is 24.8 Å². The summed E-state index contributed by atoms with van der Waals surface area (Å²) in [6, 6.07) is 5.72. The van der Waals surface area contributed by atoms with E-state index in [1.165, 1.54) is 38.1 Å². The number of carbonyl (C=O) groups is 2. The zero-order valence-electron chi connectivity index (χ0n) is 10.3. The predicted molar refractivity (Wildman–Crippen MR) is 65.1 cm³/mol. The highest BCUT2D eigenvalue weighted by molar-refractivity contribution is 7.90. The molecule has 5 nitrogen and oxygen atoms in total. The van der Waals surface area contributed by atoms with Gasteiger partial charge in [0.1, 0.15) is 0 Å². The van der Waals surface area contributed by atoms with Gasteiger partial charge in [-0.25, -0.2) is 13.2 Å². The number of hydrogen-bond acceptors (Lipinski definition) is 5. The van der Waals surface area contributed by atoms with Gasteiger partial charge in [0.25, 0.3) is 0 Å². The van der Waals surface area contributed by atoms with Gasteiger partial charge in [-0.1, -0.05) is 12.1 Å². The second-order valence-corrected chi connectivity index (χ2v) is 5.91. The summed E-state index contributed by atoms with van der Waals surface area (Å²) >= 11 is 0. The van der Waals surface area contributed by atoms with E-state index in [0.29, 0.717) is 0 Å². The van der Waals surface area contributed by atoms with E-state index < -0.39 is 21.9 Å². The standard InChI is InChI=1S/C12H14O5S/c1-8(13)9(2)17-12(14)10-6-4-5-7-11(10)18(3,15)16/h4-7,9H,1-3H3/t9-/m1/s1. The summed E-state index contributed by atoms with van der Waals surface area (Å²) in [4.78, 5) is 22.7. The SMILES string of the molecule is CC(=O)[C@@H](C)OC(=O)c1ccccc1S(C)(=O)=O. The van der Waals surface area contributed by atoms with Gasteiger partial charge in [-0.3, -0.25) is 4.79 Å². The lowest BCUT2D eigenvalue weighted by molar-refractivity contribution is -0.124. The number of benzene rings is 1. The Bertz CT molecular complexity index is 574. The molecule has 6 heteroatoms. The summed E-state index contributed by atoms with van der Waals surface area (Å²) in [6.45, 7) is 2.73. The van der Waals surface area contributed by atoms with Crippen molar-refractivity contribution in [2.24, 2.45) is 0 Å². The number of ether oxygens (including phenoxy) is 1. The number of esters is 1. The minimum Gasteiger partial charge on any atom is -0.451 e. The quantitative estimate of drug-likeness (QED) is 0.769. The minimum atomic E-state index is -3.52. The number of hydrogen-bond donors (Lipinski definition) is 0. The number of rotatable bonds is 4. The fourth-order valence-corrected chi connectivity index (χ4v) is 2.14. The van der Waals surface area contributed by atoms with E-state index in [1.54, 1.807) is 0 Å². The van der Waals surface area contributed by atoms with Gasteiger partial charge in [0.15, 0.2) is 21.7 Å². The molecule has 1 rings (SSSR count). The van der Waals surface area contributed by atoms with Gasteiger partial charge in [0.2, 0.25) is 0 Å². The smallest absolute Gasteiger partial charge is 0.340 e. The Morgan fingerprint density at radius 3 is 2.28 bits per heavy atom. The molecule has 0 saturated carbocycles. The molecule has 0 aromatic heterocycles. The summed E-state index contributed by atoms with van der Waals surface area (Å²) in [7, 11) is -3.52. The first-order valence-electron chi connectivity index (χ1n) is 5.24. The first-order valence-corrected chi connectivity index (χ1v) is 7.13. The van der Waals surface area contributed by atoms with Crippen molar-refractivity contribution < 1.29 is 22.7 Å². The molecule has 98 valence electrons. The molecule has 0 amide bonds. The number of Topliss-reactive ketones (excluding diaryl/α,β-unsaturated/α-hetero) is 1. The molecule has 0 heterocycles. The molecular formula is C12H14O5S. The van der Waals surface area contributed by atoms with Crippen molar-refractivity contribution in [2.75, 3.05) is 6.26 Å². The van der Waals surface area contributed by atoms with Crippen LogP contribution < -0.4 is 0 Å². The van der Waals surface area contributed by atoms with Crippen LogP contribution in [-0.2, 0) is 19.4 Å². The molecule has 0 saturated heterocycles. The average molecular weight is 270 g/mol. The number of carbonyl (C=O) groups excluding carboxylic acids is 2. The van der Waals surface area contributed by atoms with E-state index in [9.17, 15) is 18.0 Å². The number of sulfone groups is 1. The Morgan fingerprint density at radius 2 is 1.78 bits per heavy atom. The molecule has 0 radical (unpaired) electrons. The first-order chi connectivity index (χ1) is 8.23. The van der Waals surface area contributed by atoms with Crippen LogP contribution in [0, 0.1) is 0 Å². The molecule has 0 N–H and O–H groups in total. The van der Waals surface area contributed by atoms with Gasteiger partial charge < -0.3 is 4.74 Å². The van der Waals surface area contributed by atoms with Gasteiger partial charge >= 0.3 is 5.97 Å². The largest absolute Gasteiger partial charge is 0.451 e. The molecule has 1 atom stereocenters. The van der Waals surface area contributed by atoms with Crippen molar-refractivity contribution in [3.05, 3.63) is 29.8 Å². The highest BCUT2D eigenvalue weighted by Crippen LogP contribution is 2.17. The zero-order valence-corrected chi connectivity index (χ0v) is 11.2. The third-order valence-electron chi connectivity index (χ3n) is 2.36. The fraction of sp³-hybridized carbons (Fsp3) is 0.333. The Balaban J connectivity index is 3.11. The van der Waals surface area contributed by atoms with Gasteiger partial charge in [0.05, 0.1) is 10.5 Å². The summed E-state index contributed by atoms with van der Waals surface area (Å²) in [5.74, 6) is -1.13. The van der Waals surface area contributed by atoms with Gasteiger partial charge in [0, 0.05) is 6.26 Å². The molecule has 0 unspecified atom stereocenters. The van der Waals surface area contributed by atoms with Gasteiger partial charge in [-0.05, 0) is 26.0 Å². The van der Waals surface area contributed by atoms with Crippen LogP contribution >= 0.6 is 0 Å². The maximum atomic E-state index is 11.8. The Morgan fingerprint density at radius 1 is 1.22 bits per heavy atom. The highest BCUT2D eigenvalue weighted by Gasteiger charge is 2.21. The van der Waals surface area contributed by atoms with Crippen molar-refractivity contribution in [1.29, 1.82) is 0 Å². The lowest BCUT2D eigenvalue weighted by Gasteiger charge is -2.11. The van der Waals surface area contributed by atoms with Crippen molar-refractivity contribution >= 4 is 21.6 Å². The van der Waals surface area contributed by atoms with Crippen LogP contribution in [0.15, 0.2) is 29.2 Å². The van der Waals surface area contributed by atoms with Crippen LogP contribution in [0.1, 0.15) is 24.2 Å². The van der Waals surface area contributed by atoms with Crippen molar-refractivity contribution in [1.82, 2.24) is 0 Å². The molecule has 0 aliphatic carbocycles. The normalized spacial score (nSPS) is 12.8. The zero-order chi connectivity index (χ0) is 13.9. The lowest BCUT2D eigenvalue weighted by Crippen LogP contribution is -2.23. The van der Waals surface area contributed by atoms with Crippen LogP contribution in [0.4, 0.5) is 0 Å². The summed E-state index contributed by atoms with van der Waals surface area (Å²) < 4.78 is 27.9. The molecule has 1 aromatic rings. The van der Waals surface area contributed by atoms with Crippen LogP contribution in [0.25, 0.3) is 0 Å². The van der Waals surface area contributed by atoms with E-state index in [-0.39, 0.29) is 16.2 Å².